The molecule has 2 aromatic rings. The van der Waals surface area contributed by atoms with Gasteiger partial charge < -0.3 is 28.4 Å². The number of hydrogen-bond donors (Lipinski definition) is 0. The molecule has 1 heterocycles. The molecule has 0 aliphatic carbocycles. The summed E-state index contributed by atoms with van der Waals surface area (Å²) in [5.74, 6) is 1.73. The second-order valence-electron chi connectivity index (χ2n) is 6.22. The highest BCUT2D eigenvalue weighted by Crippen LogP contribution is 2.29. The van der Waals surface area contributed by atoms with Gasteiger partial charge in [0.05, 0.1) is 37.6 Å². The lowest BCUT2D eigenvalue weighted by Crippen LogP contribution is -2.45. The van der Waals surface area contributed by atoms with Gasteiger partial charge in [0.25, 0.3) is 12.6 Å². The van der Waals surface area contributed by atoms with Crippen LogP contribution in [-0.2, 0) is 9.47 Å². The Morgan fingerprint density at radius 2 is 1.23 bits per heavy atom. The molecule has 0 bridgehead atoms. The molecule has 0 aromatic heterocycles. The van der Waals surface area contributed by atoms with E-state index in [2.05, 4.69) is 0 Å². The van der Waals surface area contributed by atoms with Gasteiger partial charge in [-0.1, -0.05) is 0 Å². The minimum absolute atomic E-state index is 0.337. The monoisotopic (exact) mass is 416 g/mol. The zero-order valence-corrected chi connectivity index (χ0v) is 16.9. The van der Waals surface area contributed by atoms with Gasteiger partial charge in [0.1, 0.15) is 23.0 Å². The van der Waals surface area contributed by atoms with Crippen molar-refractivity contribution in [2.75, 3.05) is 26.4 Å². The van der Waals surface area contributed by atoms with Crippen LogP contribution in [0.25, 0.3) is 0 Å². The molecule has 1 aliphatic rings. The van der Waals surface area contributed by atoms with Crippen molar-refractivity contribution in [1.82, 2.24) is 0 Å². The Labute approximate surface area is 174 Å². The quantitative estimate of drug-likeness (QED) is 0.545. The van der Waals surface area contributed by atoms with E-state index < -0.39 is 12.6 Å². The van der Waals surface area contributed by atoms with E-state index in [0.717, 1.165) is 12.6 Å². The Kier molecular flexibility index (Phi) is 7.64. The SMILES string of the molecule is CCOc1cc(O[C@H]2OCCO[C@@H]2Oc2ccc(C=O)c(OCC)c2)ccc1C=O. The van der Waals surface area contributed by atoms with Crippen LogP contribution in [0.2, 0.25) is 0 Å². The molecular formula is C22H24O8. The van der Waals surface area contributed by atoms with Gasteiger partial charge in [0.15, 0.2) is 12.6 Å². The molecular weight excluding hydrogens is 392 g/mol. The van der Waals surface area contributed by atoms with E-state index in [1.807, 2.05) is 13.8 Å². The molecule has 0 radical (unpaired) electrons. The van der Waals surface area contributed by atoms with Crippen LogP contribution in [0.5, 0.6) is 23.0 Å². The molecule has 1 saturated heterocycles. The number of carbonyl (C=O) groups is 2. The van der Waals surface area contributed by atoms with E-state index in [-0.39, 0.29) is 0 Å². The van der Waals surface area contributed by atoms with Gasteiger partial charge in [-0.15, -0.1) is 0 Å². The van der Waals surface area contributed by atoms with Crippen molar-refractivity contribution >= 4 is 12.6 Å². The van der Waals surface area contributed by atoms with Gasteiger partial charge in [-0.25, -0.2) is 0 Å². The van der Waals surface area contributed by atoms with E-state index in [1.165, 1.54) is 0 Å². The lowest BCUT2D eigenvalue weighted by atomic mass is 10.2. The molecule has 1 fully saturated rings. The smallest absolute Gasteiger partial charge is 0.263 e. The third-order valence-corrected chi connectivity index (χ3v) is 4.20. The van der Waals surface area contributed by atoms with Crippen molar-refractivity contribution in [2.24, 2.45) is 0 Å². The number of rotatable bonds is 10. The molecule has 1 aliphatic heterocycles. The summed E-state index contributed by atoms with van der Waals surface area (Å²) in [6, 6.07) is 9.75. The molecule has 160 valence electrons. The van der Waals surface area contributed by atoms with Crippen molar-refractivity contribution in [1.29, 1.82) is 0 Å². The molecule has 2 aromatic carbocycles. The van der Waals surface area contributed by atoms with Crippen LogP contribution >= 0.6 is 0 Å². The molecule has 2 atom stereocenters. The predicted octanol–water partition coefficient (Wildman–Crippen LogP) is 3.27. The van der Waals surface area contributed by atoms with Crippen LogP contribution in [0.15, 0.2) is 36.4 Å². The number of hydrogen-bond acceptors (Lipinski definition) is 8. The first-order valence-corrected chi connectivity index (χ1v) is 9.69. The summed E-state index contributed by atoms with van der Waals surface area (Å²) in [5.41, 5.74) is 0.855. The minimum Gasteiger partial charge on any atom is -0.493 e. The average Bonchev–Trinajstić information content (AvgIpc) is 2.76. The highest BCUT2D eigenvalue weighted by atomic mass is 16.8. The van der Waals surface area contributed by atoms with Gasteiger partial charge in [0.2, 0.25) is 0 Å². The molecule has 30 heavy (non-hydrogen) atoms. The van der Waals surface area contributed by atoms with Crippen LogP contribution in [-0.4, -0.2) is 51.6 Å². The Hall–Kier alpha value is -3.10. The molecule has 0 amide bonds. The molecule has 8 heteroatoms. The number of ether oxygens (including phenoxy) is 6. The summed E-state index contributed by atoms with van der Waals surface area (Å²) in [6.45, 7) is 5.16. The van der Waals surface area contributed by atoms with Crippen molar-refractivity contribution in [3.63, 3.8) is 0 Å². The van der Waals surface area contributed by atoms with E-state index in [4.69, 9.17) is 28.4 Å². The summed E-state index contributed by atoms with van der Waals surface area (Å²) in [7, 11) is 0. The standard InChI is InChI=1S/C22H24O8/c1-3-25-19-11-17(7-5-15(19)13-23)29-21-22(28-10-9-27-21)30-18-8-6-16(14-24)20(12-18)26-4-2/h5-8,11-14,21-22H,3-4,9-10H2,1-2H3/t21-,22-/m1/s1. The van der Waals surface area contributed by atoms with Crippen molar-refractivity contribution in [3.05, 3.63) is 47.5 Å². The number of aldehydes is 2. The first-order chi connectivity index (χ1) is 14.7. The summed E-state index contributed by atoms with van der Waals surface area (Å²) in [5, 5.41) is 0. The van der Waals surface area contributed by atoms with Crippen molar-refractivity contribution < 1.29 is 38.0 Å². The maximum atomic E-state index is 11.2. The summed E-state index contributed by atoms with van der Waals surface area (Å²) >= 11 is 0. The fourth-order valence-electron chi connectivity index (χ4n) is 2.86. The first kappa shape index (κ1) is 21.6. The van der Waals surface area contributed by atoms with E-state index in [0.29, 0.717) is 60.6 Å². The molecule has 0 spiro atoms. The first-order valence-electron chi connectivity index (χ1n) is 9.69. The van der Waals surface area contributed by atoms with Gasteiger partial charge in [-0.05, 0) is 38.1 Å². The topological polar surface area (TPSA) is 89.5 Å². The Balaban J connectivity index is 1.75. The van der Waals surface area contributed by atoms with E-state index >= 15 is 0 Å². The Morgan fingerprint density at radius 1 is 0.800 bits per heavy atom. The molecule has 0 N–H and O–H groups in total. The largest absolute Gasteiger partial charge is 0.493 e. The van der Waals surface area contributed by atoms with Gasteiger partial charge in [-0.3, -0.25) is 9.59 Å². The Morgan fingerprint density at radius 3 is 1.60 bits per heavy atom. The second kappa shape index (κ2) is 10.6. The maximum Gasteiger partial charge on any atom is 0.263 e. The average molecular weight is 416 g/mol. The van der Waals surface area contributed by atoms with Gasteiger partial charge in [0, 0.05) is 12.1 Å². The van der Waals surface area contributed by atoms with E-state index in [1.54, 1.807) is 36.4 Å². The van der Waals surface area contributed by atoms with Crippen molar-refractivity contribution in [3.8, 4) is 23.0 Å². The molecule has 3 rings (SSSR count). The van der Waals surface area contributed by atoms with Crippen LogP contribution < -0.4 is 18.9 Å². The van der Waals surface area contributed by atoms with E-state index in [9.17, 15) is 9.59 Å². The fraction of sp³-hybridized carbons (Fsp3) is 0.364. The molecule has 0 saturated carbocycles. The lowest BCUT2D eigenvalue weighted by molar-refractivity contribution is -0.271. The van der Waals surface area contributed by atoms with Crippen LogP contribution in [0, 0.1) is 0 Å². The zero-order valence-electron chi connectivity index (χ0n) is 16.9. The summed E-state index contributed by atoms with van der Waals surface area (Å²) < 4.78 is 34.1. The lowest BCUT2D eigenvalue weighted by Gasteiger charge is -2.32. The second-order valence-corrected chi connectivity index (χ2v) is 6.22. The normalized spacial score (nSPS) is 18.3. The van der Waals surface area contributed by atoms with Gasteiger partial charge >= 0.3 is 0 Å². The molecule has 8 nitrogen and oxygen atoms in total. The van der Waals surface area contributed by atoms with Gasteiger partial charge in [-0.2, -0.15) is 0 Å². The third kappa shape index (κ3) is 5.28. The molecule has 0 unspecified atom stereocenters. The summed E-state index contributed by atoms with van der Waals surface area (Å²) in [4.78, 5) is 22.3. The maximum absolute atomic E-state index is 11.2. The highest BCUT2D eigenvalue weighted by Gasteiger charge is 2.31. The van der Waals surface area contributed by atoms with Crippen LogP contribution in [0.3, 0.4) is 0 Å². The predicted molar refractivity (Wildman–Crippen MR) is 107 cm³/mol. The third-order valence-electron chi connectivity index (χ3n) is 4.20. The fourth-order valence-corrected chi connectivity index (χ4v) is 2.86. The minimum atomic E-state index is -0.850. The Bertz CT molecular complexity index is 795. The van der Waals surface area contributed by atoms with Crippen LogP contribution in [0.1, 0.15) is 34.6 Å². The van der Waals surface area contributed by atoms with Crippen LogP contribution in [0.4, 0.5) is 0 Å². The zero-order chi connectivity index (χ0) is 21.3. The van der Waals surface area contributed by atoms with Crippen molar-refractivity contribution in [2.45, 2.75) is 26.4 Å². The summed E-state index contributed by atoms with van der Waals surface area (Å²) in [6.07, 6.45) is -0.257. The number of benzene rings is 2. The highest BCUT2D eigenvalue weighted by molar-refractivity contribution is 5.80. The number of carbonyl (C=O) groups excluding carboxylic acids is 2.